The molecule has 0 aliphatic carbocycles. The van der Waals surface area contributed by atoms with Crippen molar-refractivity contribution >= 4 is 23.6 Å². The lowest BCUT2D eigenvalue weighted by Gasteiger charge is -2.13. The minimum absolute atomic E-state index is 0.0166. The van der Waals surface area contributed by atoms with Crippen LogP contribution in [0.25, 0.3) is 6.08 Å². The smallest absolute Gasteiger partial charge is 0.363 e. The summed E-state index contributed by atoms with van der Waals surface area (Å²) in [4.78, 5) is 27.0. The zero-order valence-corrected chi connectivity index (χ0v) is 18.1. The molecule has 0 fully saturated rings. The van der Waals surface area contributed by atoms with E-state index in [9.17, 15) is 19.3 Å². The van der Waals surface area contributed by atoms with E-state index in [0.717, 1.165) is 0 Å². The highest BCUT2D eigenvalue weighted by Crippen LogP contribution is 2.31. The Morgan fingerprint density at radius 1 is 1.06 bits per heavy atom. The Morgan fingerprint density at radius 2 is 1.85 bits per heavy atom. The lowest BCUT2D eigenvalue weighted by Crippen LogP contribution is -2.05. The van der Waals surface area contributed by atoms with E-state index >= 15 is 0 Å². The van der Waals surface area contributed by atoms with Crippen molar-refractivity contribution in [3.05, 3.63) is 105 Å². The number of halogens is 1. The number of aliphatic imine (C=N–C) groups is 1. The molecule has 3 aromatic rings. The molecular formula is C25H19FN2O6. The molecule has 4 rings (SSSR count). The van der Waals surface area contributed by atoms with Crippen molar-refractivity contribution in [1.82, 2.24) is 0 Å². The molecule has 9 heteroatoms. The van der Waals surface area contributed by atoms with Crippen LogP contribution in [0.4, 0.5) is 10.1 Å². The van der Waals surface area contributed by atoms with Gasteiger partial charge in [-0.15, -0.1) is 0 Å². The predicted octanol–water partition coefficient (Wildman–Crippen LogP) is 5.06. The Balaban J connectivity index is 1.54. The van der Waals surface area contributed by atoms with Crippen LogP contribution >= 0.6 is 0 Å². The van der Waals surface area contributed by atoms with Gasteiger partial charge in [0.25, 0.3) is 5.69 Å². The van der Waals surface area contributed by atoms with Gasteiger partial charge in [-0.2, -0.15) is 0 Å². The van der Waals surface area contributed by atoms with E-state index in [2.05, 4.69) is 4.99 Å². The number of hydrogen-bond donors (Lipinski definition) is 0. The van der Waals surface area contributed by atoms with E-state index in [-0.39, 0.29) is 23.9 Å². The first-order chi connectivity index (χ1) is 16.4. The van der Waals surface area contributed by atoms with Crippen molar-refractivity contribution in [1.29, 1.82) is 0 Å². The monoisotopic (exact) mass is 462 g/mol. The minimum atomic E-state index is -0.622. The number of carbonyl (C=O) groups is 1. The van der Waals surface area contributed by atoms with E-state index in [4.69, 9.17) is 14.2 Å². The van der Waals surface area contributed by atoms with E-state index < -0.39 is 16.7 Å². The molecule has 172 valence electrons. The van der Waals surface area contributed by atoms with E-state index in [1.807, 2.05) is 6.92 Å². The third-order valence-electron chi connectivity index (χ3n) is 4.80. The summed E-state index contributed by atoms with van der Waals surface area (Å²) in [5.41, 5.74) is 1.82. The highest BCUT2D eigenvalue weighted by molar-refractivity contribution is 6.12. The molecule has 34 heavy (non-hydrogen) atoms. The fraction of sp³-hybridized carbons (Fsp3) is 0.120. The Morgan fingerprint density at radius 3 is 2.59 bits per heavy atom. The molecule has 3 aromatic carbocycles. The fourth-order valence-electron chi connectivity index (χ4n) is 3.21. The van der Waals surface area contributed by atoms with Gasteiger partial charge < -0.3 is 14.2 Å². The quantitative estimate of drug-likeness (QED) is 0.201. The molecule has 0 saturated carbocycles. The summed E-state index contributed by atoms with van der Waals surface area (Å²) < 4.78 is 29.8. The molecule has 0 amide bonds. The Kier molecular flexibility index (Phi) is 6.63. The van der Waals surface area contributed by atoms with Crippen molar-refractivity contribution < 1.29 is 28.3 Å². The summed E-state index contributed by atoms with van der Waals surface area (Å²) in [5, 5.41) is 11.0. The summed E-state index contributed by atoms with van der Waals surface area (Å²) >= 11 is 0. The summed E-state index contributed by atoms with van der Waals surface area (Å²) in [5.74, 6) is -0.0430. The van der Waals surface area contributed by atoms with Gasteiger partial charge in [-0.1, -0.05) is 18.2 Å². The maximum absolute atomic E-state index is 13.1. The molecule has 0 atom stereocenters. The normalized spacial score (nSPS) is 14.0. The van der Waals surface area contributed by atoms with E-state index in [1.54, 1.807) is 36.4 Å². The third kappa shape index (κ3) is 5.26. The summed E-state index contributed by atoms with van der Waals surface area (Å²) in [6.45, 7) is 2.31. The average molecular weight is 462 g/mol. The molecule has 0 spiro atoms. The Labute approximate surface area is 194 Å². The van der Waals surface area contributed by atoms with Gasteiger partial charge >= 0.3 is 5.97 Å². The summed E-state index contributed by atoms with van der Waals surface area (Å²) in [6, 6.07) is 16.7. The van der Waals surface area contributed by atoms with Gasteiger partial charge in [0, 0.05) is 17.7 Å². The van der Waals surface area contributed by atoms with Crippen LogP contribution in [0.2, 0.25) is 0 Å². The number of rotatable bonds is 8. The van der Waals surface area contributed by atoms with Gasteiger partial charge in [-0.25, -0.2) is 14.2 Å². The highest BCUT2D eigenvalue weighted by Gasteiger charge is 2.24. The molecule has 1 aliphatic rings. The van der Waals surface area contributed by atoms with Crippen LogP contribution in [0.3, 0.4) is 0 Å². The fourth-order valence-corrected chi connectivity index (χ4v) is 3.21. The van der Waals surface area contributed by atoms with Crippen molar-refractivity contribution in [3.63, 3.8) is 0 Å². The standard InChI is InChI=1S/C25H19FN2O6/c1-2-32-23-14-16(6-11-22(23)33-15-17-4-3-5-20(12-17)28(30)31)13-21-25(29)34-24(27-21)18-7-9-19(26)10-8-18/h3-14H,2,15H2,1H3/b21-13+. The van der Waals surface area contributed by atoms with Crippen LogP contribution in [0.1, 0.15) is 23.6 Å². The van der Waals surface area contributed by atoms with Crippen LogP contribution in [0, 0.1) is 15.9 Å². The topological polar surface area (TPSA) is 100 Å². The number of carbonyl (C=O) groups excluding carboxylic acids is 1. The molecular weight excluding hydrogens is 443 g/mol. The van der Waals surface area contributed by atoms with Crippen molar-refractivity contribution in [2.75, 3.05) is 6.61 Å². The van der Waals surface area contributed by atoms with Crippen molar-refractivity contribution in [3.8, 4) is 11.5 Å². The summed E-state index contributed by atoms with van der Waals surface area (Å²) in [7, 11) is 0. The number of non-ortho nitro benzene ring substituents is 1. The molecule has 0 radical (unpaired) electrons. The first-order valence-electron chi connectivity index (χ1n) is 10.3. The molecule has 0 saturated heterocycles. The maximum atomic E-state index is 13.1. The average Bonchev–Trinajstić information content (AvgIpc) is 3.19. The second-order valence-electron chi connectivity index (χ2n) is 7.20. The second-order valence-corrected chi connectivity index (χ2v) is 7.20. The van der Waals surface area contributed by atoms with Gasteiger partial charge in [0.2, 0.25) is 5.90 Å². The minimum Gasteiger partial charge on any atom is -0.490 e. The number of nitro benzene ring substituents is 1. The largest absolute Gasteiger partial charge is 0.490 e. The van der Waals surface area contributed by atoms with Crippen LogP contribution in [0.5, 0.6) is 11.5 Å². The van der Waals surface area contributed by atoms with Crippen LogP contribution in [-0.4, -0.2) is 23.4 Å². The SMILES string of the molecule is CCOc1cc(/C=C2/N=C(c3ccc(F)cc3)OC2=O)ccc1OCc1cccc([N+](=O)[O-])c1. The molecule has 0 N–H and O–H groups in total. The van der Waals surface area contributed by atoms with Crippen molar-refractivity contribution in [2.45, 2.75) is 13.5 Å². The van der Waals surface area contributed by atoms with Gasteiger partial charge in [0.05, 0.1) is 11.5 Å². The number of ether oxygens (including phenoxy) is 3. The number of hydrogen-bond acceptors (Lipinski definition) is 7. The number of nitro groups is 1. The molecule has 8 nitrogen and oxygen atoms in total. The van der Waals surface area contributed by atoms with E-state index in [1.165, 1.54) is 36.4 Å². The zero-order chi connectivity index (χ0) is 24.1. The third-order valence-corrected chi connectivity index (χ3v) is 4.80. The lowest BCUT2D eigenvalue weighted by molar-refractivity contribution is -0.384. The Hall–Kier alpha value is -4.53. The zero-order valence-electron chi connectivity index (χ0n) is 18.1. The molecule has 1 aliphatic heterocycles. The molecule has 1 heterocycles. The maximum Gasteiger partial charge on any atom is 0.363 e. The predicted molar refractivity (Wildman–Crippen MR) is 122 cm³/mol. The number of cyclic esters (lactones) is 1. The van der Waals surface area contributed by atoms with Crippen LogP contribution in [0.15, 0.2) is 77.4 Å². The molecule has 0 bridgehead atoms. The van der Waals surface area contributed by atoms with Crippen molar-refractivity contribution in [2.24, 2.45) is 4.99 Å². The van der Waals surface area contributed by atoms with Gasteiger partial charge in [0.15, 0.2) is 17.2 Å². The van der Waals surface area contributed by atoms with E-state index in [0.29, 0.717) is 34.8 Å². The van der Waals surface area contributed by atoms with Gasteiger partial charge in [-0.3, -0.25) is 10.1 Å². The Bertz CT molecular complexity index is 1300. The highest BCUT2D eigenvalue weighted by atomic mass is 19.1. The number of esters is 1. The number of benzene rings is 3. The lowest BCUT2D eigenvalue weighted by atomic mass is 10.1. The molecule has 0 aromatic heterocycles. The second kappa shape index (κ2) is 9.95. The van der Waals surface area contributed by atoms with Gasteiger partial charge in [-0.05, 0) is 60.5 Å². The van der Waals surface area contributed by atoms with Gasteiger partial charge in [0.1, 0.15) is 12.4 Å². The first kappa shape index (κ1) is 22.7. The molecule has 0 unspecified atom stereocenters. The van der Waals surface area contributed by atoms with Crippen LogP contribution in [-0.2, 0) is 16.1 Å². The first-order valence-corrected chi connectivity index (χ1v) is 10.3. The number of nitrogens with zero attached hydrogens (tertiary/aromatic N) is 2. The summed E-state index contributed by atoms with van der Waals surface area (Å²) in [6.07, 6.45) is 1.55. The van der Waals surface area contributed by atoms with Crippen LogP contribution < -0.4 is 9.47 Å².